The van der Waals surface area contributed by atoms with E-state index in [1.165, 1.54) is 18.9 Å². The average molecular weight is 268 g/mol. The van der Waals surface area contributed by atoms with Crippen LogP contribution in [0.5, 0.6) is 0 Å². The number of nitrogens with one attached hydrogen (secondary N) is 2. The van der Waals surface area contributed by atoms with Crippen molar-refractivity contribution in [3.05, 3.63) is 12.5 Å². The van der Waals surface area contributed by atoms with E-state index in [0.717, 1.165) is 25.7 Å². The van der Waals surface area contributed by atoms with Gasteiger partial charge in [-0.15, -0.1) is 0 Å². The van der Waals surface area contributed by atoms with Crippen LogP contribution in [0.15, 0.2) is 17.6 Å². The van der Waals surface area contributed by atoms with Crippen molar-refractivity contribution in [3.8, 4) is 6.07 Å². The van der Waals surface area contributed by atoms with Crippen LogP contribution in [0.4, 0.5) is 0 Å². The Bertz CT molecular complexity index is 512. The van der Waals surface area contributed by atoms with Gasteiger partial charge in [0.2, 0.25) is 0 Å². The van der Waals surface area contributed by atoms with Crippen molar-refractivity contribution in [1.82, 2.24) is 14.7 Å². The number of nitriles is 1. The van der Waals surface area contributed by atoms with Crippen LogP contribution in [0.1, 0.15) is 32.1 Å². The third-order valence-corrected chi connectivity index (χ3v) is 4.67. The van der Waals surface area contributed by atoms with Gasteiger partial charge in [0, 0.05) is 0 Å². The Balaban J connectivity index is 2.09. The lowest BCUT2D eigenvalue weighted by Gasteiger charge is -2.25. The Labute approximate surface area is 106 Å². The molecule has 98 valence electrons. The Hall–Kier alpha value is -1.39. The van der Waals surface area contributed by atoms with Crippen LogP contribution in [-0.2, 0) is 10.0 Å². The van der Waals surface area contributed by atoms with Crippen molar-refractivity contribution in [2.45, 2.75) is 43.2 Å². The summed E-state index contributed by atoms with van der Waals surface area (Å²) in [6, 6.07) is 1.41. The molecule has 0 aromatic carbocycles. The predicted octanol–water partition coefficient (Wildman–Crippen LogP) is 1.16. The van der Waals surface area contributed by atoms with Crippen molar-refractivity contribution in [1.29, 1.82) is 5.26 Å². The number of hydrogen-bond donors (Lipinski definition) is 2. The molecule has 1 unspecified atom stereocenters. The number of nitrogens with zero attached hydrogens (tertiary/aromatic N) is 2. The molecule has 1 aliphatic rings. The molecule has 1 atom stereocenters. The van der Waals surface area contributed by atoms with Gasteiger partial charge < -0.3 is 4.98 Å². The van der Waals surface area contributed by atoms with Crippen LogP contribution < -0.4 is 4.72 Å². The highest BCUT2D eigenvalue weighted by molar-refractivity contribution is 7.89. The molecule has 0 radical (unpaired) electrons. The van der Waals surface area contributed by atoms with Gasteiger partial charge in [-0.25, -0.2) is 13.4 Å². The Morgan fingerprint density at radius 3 is 2.72 bits per heavy atom. The highest BCUT2D eigenvalue weighted by atomic mass is 32.2. The van der Waals surface area contributed by atoms with Crippen molar-refractivity contribution in [2.24, 2.45) is 5.92 Å². The van der Waals surface area contributed by atoms with E-state index < -0.39 is 16.1 Å². The third-order valence-electron chi connectivity index (χ3n) is 3.31. The number of sulfonamides is 1. The zero-order valence-corrected chi connectivity index (χ0v) is 10.8. The first-order valence-corrected chi connectivity index (χ1v) is 7.52. The van der Waals surface area contributed by atoms with Gasteiger partial charge in [-0.2, -0.15) is 9.98 Å². The molecule has 0 saturated heterocycles. The average Bonchev–Trinajstić information content (AvgIpc) is 2.92. The van der Waals surface area contributed by atoms with Gasteiger partial charge >= 0.3 is 0 Å². The molecule has 6 nitrogen and oxygen atoms in total. The van der Waals surface area contributed by atoms with Gasteiger partial charge in [0.05, 0.1) is 18.6 Å². The van der Waals surface area contributed by atoms with Crippen molar-refractivity contribution < 1.29 is 8.42 Å². The third kappa shape index (κ3) is 2.89. The zero-order chi connectivity index (χ0) is 13.0. The number of H-pyrrole nitrogens is 1. The maximum absolute atomic E-state index is 12.0. The second-order valence-electron chi connectivity index (χ2n) is 4.54. The molecule has 0 spiro atoms. The molecule has 2 rings (SSSR count). The fraction of sp³-hybridized carbons (Fsp3) is 0.636. The van der Waals surface area contributed by atoms with E-state index in [-0.39, 0.29) is 10.9 Å². The number of aromatic nitrogens is 2. The predicted molar refractivity (Wildman–Crippen MR) is 64.9 cm³/mol. The molecule has 1 fully saturated rings. The van der Waals surface area contributed by atoms with Gasteiger partial charge in [-0.3, -0.25) is 0 Å². The van der Waals surface area contributed by atoms with E-state index in [2.05, 4.69) is 20.8 Å². The molecule has 2 N–H and O–H groups in total. The largest absolute Gasteiger partial charge is 0.335 e. The molecule has 18 heavy (non-hydrogen) atoms. The highest BCUT2D eigenvalue weighted by Crippen LogP contribution is 2.26. The zero-order valence-electron chi connectivity index (χ0n) is 9.96. The molecule has 7 heteroatoms. The summed E-state index contributed by atoms with van der Waals surface area (Å²) in [4.78, 5) is 6.22. The summed E-state index contributed by atoms with van der Waals surface area (Å²) in [5, 5.41) is 9.14. The highest BCUT2D eigenvalue weighted by Gasteiger charge is 2.28. The first kappa shape index (κ1) is 13.1. The molecule has 1 heterocycles. The standard InChI is InChI=1S/C11H16N4O2S/c12-6-10(9-4-2-1-3-5-9)15-18(16,17)11-7-13-8-14-11/h7-10,15H,1-5H2,(H,13,14). The second kappa shape index (κ2) is 5.50. The van der Waals surface area contributed by atoms with Crippen molar-refractivity contribution in [2.75, 3.05) is 0 Å². The lowest BCUT2D eigenvalue weighted by atomic mass is 9.85. The Kier molecular flexibility index (Phi) is 3.99. The summed E-state index contributed by atoms with van der Waals surface area (Å²) in [5.41, 5.74) is 0. The molecule has 0 amide bonds. The maximum atomic E-state index is 12.0. The number of imidazole rings is 1. The first-order valence-electron chi connectivity index (χ1n) is 6.04. The van der Waals surface area contributed by atoms with Crippen LogP contribution in [0.2, 0.25) is 0 Å². The van der Waals surface area contributed by atoms with Crippen LogP contribution in [-0.4, -0.2) is 24.4 Å². The number of hydrogen-bond acceptors (Lipinski definition) is 4. The summed E-state index contributed by atoms with van der Waals surface area (Å²) in [5.74, 6) is 0.112. The summed E-state index contributed by atoms with van der Waals surface area (Å²) < 4.78 is 26.4. The molecular weight excluding hydrogens is 252 g/mol. The van der Waals surface area contributed by atoms with E-state index in [9.17, 15) is 8.42 Å². The smallest absolute Gasteiger partial charge is 0.258 e. The normalized spacial score (nSPS) is 19.3. The molecule has 1 aromatic rings. The topological polar surface area (TPSA) is 98.6 Å². The van der Waals surface area contributed by atoms with Gasteiger partial charge in [-0.1, -0.05) is 19.3 Å². The van der Waals surface area contributed by atoms with E-state index in [4.69, 9.17) is 5.26 Å². The maximum Gasteiger partial charge on any atom is 0.258 e. The summed E-state index contributed by atoms with van der Waals surface area (Å²) >= 11 is 0. The lowest BCUT2D eigenvalue weighted by molar-refractivity contribution is 0.323. The second-order valence-corrected chi connectivity index (χ2v) is 6.22. The minimum Gasteiger partial charge on any atom is -0.335 e. The monoisotopic (exact) mass is 268 g/mol. The molecular formula is C11H16N4O2S. The fourth-order valence-corrected chi connectivity index (χ4v) is 3.43. The van der Waals surface area contributed by atoms with Crippen molar-refractivity contribution >= 4 is 10.0 Å². The first-order chi connectivity index (χ1) is 8.63. The summed E-state index contributed by atoms with van der Waals surface area (Å²) in [6.07, 6.45) is 7.65. The minimum atomic E-state index is -3.67. The van der Waals surface area contributed by atoms with Gasteiger partial charge in [0.15, 0.2) is 5.03 Å². The van der Waals surface area contributed by atoms with E-state index in [1.807, 2.05) is 0 Å². The van der Waals surface area contributed by atoms with Crippen LogP contribution in [0, 0.1) is 17.2 Å². The molecule has 0 bridgehead atoms. The molecule has 0 aliphatic heterocycles. The van der Waals surface area contributed by atoms with Gasteiger partial charge in [-0.05, 0) is 18.8 Å². The summed E-state index contributed by atoms with van der Waals surface area (Å²) in [7, 11) is -3.67. The Morgan fingerprint density at radius 2 is 2.17 bits per heavy atom. The van der Waals surface area contributed by atoms with Crippen LogP contribution >= 0.6 is 0 Å². The fourth-order valence-electron chi connectivity index (χ4n) is 2.32. The lowest BCUT2D eigenvalue weighted by Crippen LogP contribution is -2.40. The van der Waals surface area contributed by atoms with E-state index >= 15 is 0 Å². The quantitative estimate of drug-likeness (QED) is 0.856. The van der Waals surface area contributed by atoms with Gasteiger partial charge in [0.25, 0.3) is 10.0 Å². The minimum absolute atomic E-state index is 0.00133. The van der Waals surface area contributed by atoms with Crippen molar-refractivity contribution in [3.63, 3.8) is 0 Å². The molecule has 1 aromatic heterocycles. The number of aromatic amines is 1. The SMILES string of the molecule is N#CC(NS(=O)(=O)c1cnc[nH]1)C1CCCCC1. The van der Waals surface area contributed by atoms with Gasteiger partial charge in [0.1, 0.15) is 6.04 Å². The van der Waals surface area contributed by atoms with E-state index in [0.29, 0.717) is 0 Å². The van der Waals surface area contributed by atoms with Crippen LogP contribution in [0.25, 0.3) is 0 Å². The molecule has 1 saturated carbocycles. The summed E-state index contributed by atoms with van der Waals surface area (Å²) in [6.45, 7) is 0. The molecule has 1 aliphatic carbocycles. The van der Waals surface area contributed by atoms with E-state index in [1.54, 1.807) is 0 Å². The number of rotatable bonds is 4. The van der Waals surface area contributed by atoms with Crippen LogP contribution in [0.3, 0.4) is 0 Å². The Morgan fingerprint density at radius 1 is 1.44 bits per heavy atom.